The van der Waals surface area contributed by atoms with Crippen LogP contribution in [0, 0.1) is 6.92 Å². The third kappa shape index (κ3) is 3.40. The van der Waals surface area contributed by atoms with Crippen molar-refractivity contribution in [1.29, 1.82) is 0 Å². The number of aromatic nitrogens is 2. The molecule has 0 radical (unpaired) electrons. The summed E-state index contributed by atoms with van der Waals surface area (Å²) < 4.78 is 0. The number of aryl methyl sites for hydroxylation is 3. The average molecular weight is 297 g/mol. The monoisotopic (exact) mass is 296 g/mol. The van der Waals surface area contributed by atoms with Gasteiger partial charge in [0.05, 0.1) is 5.52 Å². The smallest absolute Gasteiger partial charge is 0.129 e. The first-order chi connectivity index (χ1) is 10.2. The molecule has 106 valence electrons. The highest BCUT2D eigenvalue weighted by Gasteiger charge is 2.05. The minimum atomic E-state index is 0.728. The van der Waals surface area contributed by atoms with E-state index in [4.69, 9.17) is 11.6 Å². The van der Waals surface area contributed by atoms with Crippen molar-refractivity contribution in [2.24, 2.45) is 0 Å². The van der Waals surface area contributed by atoms with Crippen LogP contribution in [0.25, 0.3) is 10.9 Å². The summed E-state index contributed by atoms with van der Waals surface area (Å²) in [7, 11) is 0. The SMILES string of the molecule is Cc1nc(CCCc2ccccc2)nc2ccc(Cl)cc12. The highest BCUT2D eigenvalue weighted by atomic mass is 35.5. The molecule has 0 bridgehead atoms. The van der Waals surface area contributed by atoms with E-state index in [0.29, 0.717) is 0 Å². The van der Waals surface area contributed by atoms with Crippen molar-refractivity contribution in [2.45, 2.75) is 26.2 Å². The van der Waals surface area contributed by atoms with Gasteiger partial charge >= 0.3 is 0 Å². The molecule has 3 rings (SSSR count). The van der Waals surface area contributed by atoms with Crippen molar-refractivity contribution in [3.05, 3.63) is 70.6 Å². The highest BCUT2D eigenvalue weighted by Crippen LogP contribution is 2.20. The maximum atomic E-state index is 6.03. The zero-order valence-electron chi connectivity index (χ0n) is 12.0. The summed E-state index contributed by atoms with van der Waals surface area (Å²) >= 11 is 6.03. The predicted octanol–water partition coefficient (Wildman–Crippen LogP) is 4.77. The first-order valence-electron chi connectivity index (χ1n) is 7.19. The highest BCUT2D eigenvalue weighted by molar-refractivity contribution is 6.31. The van der Waals surface area contributed by atoms with Gasteiger partial charge in [0, 0.05) is 22.5 Å². The van der Waals surface area contributed by atoms with Crippen LogP contribution >= 0.6 is 11.6 Å². The fourth-order valence-corrected chi connectivity index (χ4v) is 2.69. The fraction of sp³-hybridized carbons (Fsp3) is 0.222. The van der Waals surface area contributed by atoms with E-state index in [9.17, 15) is 0 Å². The Labute approximate surface area is 129 Å². The number of fused-ring (bicyclic) bond motifs is 1. The van der Waals surface area contributed by atoms with Crippen LogP contribution < -0.4 is 0 Å². The third-order valence-corrected chi connectivity index (χ3v) is 3.84. The normalized spacial score (nSPS) is 11.0. The lowest BCUT2D eigenvalue weighted by molar-refractivity contribution is 0.772. The molecule has 0 aliphatic carbocycles. The Kier molecular flexibility index (Phi) is 4.16. The fourth-order valence-electron chi connectivity index (χ4n) is 2.52. The van der Waals surface area contributed by atoms with Gasteiger partial charge < -0.3 is 0 Å². The van der Waals surface area contributed by atoms with Crippen LogP contribution in [-0.4, -0.2) is 9.97 Å². The molecule has 3 aromatic rings. The Hall–Kier alpha value is -1.93. The molecular formula is C18H17ClN2. The van der Waals surface area contributed by atoms with E-state index >= 15 is 0 Å². The van der Waals surface area contributed by atoms with E-state index in [-0.39, 0.29) is 0 Å². The number of benzene rings is 2. The van der Waals surface area contributed by atoms with Crippen LogP contribution in [0.3, 0.4) is 0 Å². The van der Waals surface area contributed by atoms with Crippen molar-refractivity contribution in [3.63, 3.8) is 0 Å². The molecule has 1 aromatic heterocycles. The molecule has 2 nitrogen and oxygen atoms in total. The predicted molar refractivity (Wildman–Crippen MR) is 87.8 cm³/mol. The first kappa shape index (κ1) is 14.0. The summed E-state index contributed by atoms with van der Waals surface area (Å²) in [4.78, 5) is 9.24. The van der Waals surface area contributed by atoms with Crippen molar-refractivity contribution in [2.75, 3.05) is 0 Å². The van der Waals surface area contributed by atoms with Gasteiger partial charge in [-0.15, -0.1) is 0 Å². The molecule has 0 unspecified atom stereocenters. The standard InChI is InChI=1S/C18H17ClN2/c1-13-16-12-15(19)10-11-17(16)21-18(20-13)9-5-8-14-6-3-2-4-7-14/h2-4,6-7,10-12H,5,8-9H2,1H3. The van der Waals surface area contributed by atoms with E-state index in [1.54, 1.807) is 0 Å². The molecule has 0 saturated heterocycles. The molecule has 0 amide bonds. The Morgan fingerprint density at radius 2 is 1.76 bits per heavy atom. The van der Waals surface area contributed by atoms with E-state index in [2.05, 4.69) is 34.2 Å². The molecular weight excluding hydrogens is 280 g/mol. The molecule has 0 aliphatic rings. The van der Waals surface area contributed by atoms with Crippen LogP contribution in [0.4, 0.5) is 0 Å². The molecule has 1 heterocycles. The molecule has 0 N–H and O–H groups in total. The summed E-state index contributed by atoms with van der Waals surface area (Å²) in [6.45, 7) is 2.01. The number of rotatable bonds is 4. The van der Waals surface area contributed by atoms with E-state index < -0.39 is 0 Å². The molecule has 0 fully saturated rings. The Morgan fingerprint density at radius 3 is 2.57 bits per heavy atom. The largest absolute Gasteiger partial charge is 0.238 e. The van der Waals surface area contributed by atoms with E-state index in [0.717, 1.165) is 46.7 Å². The molecule has 21 heavy (non-hydrogen) atoms. The summed E-state index contributed by atoms with van der Waals surface area (Å²) in [5, 5.41) is 1.76. The second kappa shape index (κ2) is 6.23. The minimum absolute atomic E-state index is 0.728. The number of hydrogen-bond acceptors (Lipinski definition) is 2. The van der Waals surface area contributed by atoms with Crippen LogP contribution in [0.2, 0.25) is 5.02 Å². The molecule has 3 heteroatoms. The molecule has 2 aromatic carbocycles. The van der Waals surface area contributed by atoms with Crippen molar-refractivity contribution >= 4 is 22.5 Å². The summed E-state index contributed by atoms with van der Waals surface area (Å²) in [6.07, 6.45) is 3.01. The Bertz CT molecular complexity index is 754. The number of nitrogens with zero attached hydrogens (tertiary/aromatic N) is 2. The van der Waals surface area contributed by atoms with Crippen molar-refractivity contribution in [1.82, 2.24) is 9.97 Å². The van der Waals surface area contributed by atoms with Gasteiger partial charge in [-0.05, 0) is 43.5 Å². The van der Waals surface area contributed by atoms with Crippen molar-refractivity contribution < 1.29 is 0 Å². The van der Waals surface area contributed by atoms with E-state index in [1.165, 1.54) is 5.56 Å². The molecule has 0 aliphatic heterocycles. The molecule has 0 spiro atoms. The van der Waals surface area contributed by atoms with Gasteiger partial charge in [0.25, 0.3) is 0 Å². The first-order valence-corrected chi connectivity index (χ1v) is 7.57. The van der Waals surface area contributed by atoms with Gasteiger partial charge in [0.1, 0.15) is 5.82 Å². The van der Waals surface area contributed by atoms with Gasteiger partial charge in [-0.25, -0.2) is 9.97 Å². The lowest BCUT2D eigenvalue weighted by Crippen LogP contribution is -2.00. The zero-order chi connectivity index (χ0) is 14.7. The van der Waals surface area contributed by atoms with Gasteiger partial charge in [0.2, 0.25) is 0 Å². The maximum absolute atomic E-state index is 6.03. The quantitative estimate of drug-likeness (QED) is 0.693. The van der Waals surface area contributed by atoms with Gasteiger partial charge in [0.15, 0.2) is 0 Å². The lowest BCUT2D eigenvalue weighted by atomic mass is 10.1. The number of halogens is 1. The second-order valence-corrected chi connectivity index (χ2v) is 5.66. The number of hydrogen-bond donors (Lipinski definition) is 0. The average Bonchev–Trinajstić information content (AvgIpc) is 2.49. The van der Waals surface area contributed by atoms with Gasteiger partial charge in [-0.3, -0.25) is 0 Å². The van der Waals surface area contributed by atoms with Crippen LogP contribution in [0.5, 0.6) is 0 Å². The van der Waals surface area contributed by atoms with Crippen LogP contribution in [0.1, 0.15) is 23.5 Å². The zero-order valence-corrected chi connectivity index (χ0v) is 12.8. The molecule has 0 saturated carbocycles. The topological polar surface area (TPSA) is 25.8 Å². The lowest BCUT2D eigenvalue weighted by Gasteiger charge is -2.06. The van der Waals surface area contributed by atoms with E-state index in [1.807, 2.05) is 31.2 Å². The van der Waals surface area contributed by atoms with Crippen LogP contribution in [-0.2, 0) is 12.8 Å². The summed E-state index contributed by atoms with van der Waals surface area (Å²) in [5.74, 6) is 0.915. The van der Waals surface area contributed by atoms with Crippen LogP contribution in [0.15, 0.2) is 48.5 Å². The van der Waals surface area contributed by atoms with Gasteiger partial charge in [-0.1, -0.05) is 41.9 Å². The maximum Gasteiger partial charge on any atom is 0.129 e. The second-order valence-electron chi connectivity index (χ2n) is 5.23. The minimum Gasteiger partial charge on any atom is -0.238 e. The Morgan fingerprint density at radius 1 is 0.952 bits per heavy atom. The third-order valence-electron chi connectivity index (χ3n) is 3.60. The summed E-state index contributed by atoms with van der Waals surface area (Å²) in [6, 6.07) is 16.3. The van der Waals surface area contributed by atoms with Gasteiger partial charge in [-0.2, -0.15) is 0 Å². The van der Waals surface area contributed by atoms with Crippen molar-refractivity contribution in [3.8, 4) is 0 Å². The molecule has 0 atom stereocenters. The summed E-state index contributed by atoms with van der Waals surface area (Å²) in [5.41, 5.74) is 3.33. The Balaban J connectivity index is 1.74.